The quantitative estimate of drug-likeness (QED) is 0.841. The van der Waals surface area contributed by atoms with Crippen LogP contribution in [0.15, 0.2) is 30.5 Å². The van der Waals surface area contributed by atoms with E-state index in [0.29, 0.717) is 19.0 Å². The van der Waals surface area contributed by atoms with Crippen molar-refractivity contribution in [1.29, 1.82) is 0 Å². The van der Waals surface area contributed by atoms with Crippen molar-refractivity contribution in [3.63, 3.8) is 0 Å². The normalized spacial score (nSPS) is 16.6. The molecule has 3 rings (SSSR count). The molecule has 1 aliphatic rings. The number of nitrogens with zero attached hydrogens (tertiary/aromatic N) is 2. The van der Waals surface area contributed by atoms with Crippen LogP contribution in [0, 0.1) is 0 Å². The number of piperidine rings is 1. The topological polar surface area (TPSA) is 62.7 Å². The van der Waals surface area contributed by atoms with E-state index in [-0.39, 0.29) is 6.09 Å². The summed E-state index contributed by atoms with van der Waals surface area (Å²) in [5, 5.41) is 11.5. The Bertz CT molecular complexity index is 826. The predicted molar refractivity (Wildman–Crippen MR) is 107 cm³/mol. The van der Waals surface area contributed by atoms with E-state index in [9.17, 15) is 9.90 Å². The smallest absolute Gasteiger partial charge is 0.410 e. The number of benzene rings is 1. The van der Waals surface area contributed by atoms with E-state index in [1.54, 1.807) is 18.7 Å². The molecule has 5 heteroatoms. The number of aromatic nitrogens is 1. The number of carbonyl (C=O) groups is 1. The van der Waals surface area contributed by atoms with Gasteiger partial charge in [0, 0.05) is 24.7 Å². The first-order valence-electron chi connectivity index (χ1n) is 9.64. The number of carbonyl (C=O) groups excluding carboxylic acids is 1. The Kier molecular flexibility index (Phi) is 5.17. The SMILES string of the molecule is CC(C)(C)OC(=O)N1CCC(c2ccnc3ccc(C(C)(C)O)cc23)CC1. The first kappa shape index (κ1) is 19.6. The van der Waals surface area contributed by atoms with Gasteiger partial charge in [0.25, 0.3) is 0 Å². The van der Waals surface area contributed by atoms with Crippen molar-refractivity contribution < 1.29 is 14.6 Å². The molecule has 0 spiro atoms. The Hall–Kier alpha value is -2.14. The summed E-state index contributed by atoms with van der Waals surface area (Å²) >= 11 is 0. The molecule has 0 saturated carbocycles. The fraction of sp³-hybridized carbons (Fsp3) is 0.545. The van der Waals surface area contributed by atoms with Crippen LogP contribution in [-0.4, -0.2) is 39.8 Å². The summed E-state index contributed by atoms with van der Waals surface area (Å²) in [6.07, 6.45) is 3.41. The van der Waals surface area contributed by atoms with Gasteiger partial charge < -0.3 is 14.7 Å². The first-order valence-corrected chi connectivity index (χ1v) is 9.64. The third kappa shape index (κ3) is 4.59. The number of aliphatic hydroxyl groups is 1. The molecule has 27 heavy (non-hydrogen) atoms. The molecule has 1 N–H and O–H groups in total. The van der Waals surface area contributed by atoms with Crippen LogP contribution in [0.2, 0.25) is 0 Å². The Labute approximate surface area is 161 Å². The molecule has 1 aromatic carbocycles. The van der Waals surface area contributed by atoms with Gasteiger partial charge in [0.2, 0.25) is 0 Å². The maximum atomic E-state index is 12.3. The second-order valence-corrected chi connectivity index (χ2v) is 8.93. The van der Waals surface area contributed by atoms with Crippen molar-refractivity contribution >= 4 is 17.0 Å². The van der Waals surface area contributed by atoms with E-state index in [1.165, 1.54) is 5.56 Å². The molecule has 2 heterocycles. The lowest BCUT2D eigenvalue weighted by Crippen LogP contribution is -2.41. The zero-order valence-corrected chi connectivity index (χ0v) is 17.0. The Morgan fingerprint density at radius 1 is 1.15 bits per heavy atom. The Morgan fingerprint density at radius 2 is 1.81 bits per heavy atom. The van der Waals surface area contributed by atoms with Crippen LogP contribution in [0.5, 0.6) is 0 Å². The number of ether oxygens (including phenoxy) is 1. The highest BCUT2D eigenvalue weighted by Crippen LogP contribution is 2.34. The average molecular weight is 370 g/mol. The summed E-state index contributed by atoms with van der Waals surface area (Å²) in [7, 11) is 0. The molecule has 0 bridgehead atoms. The van der Waals surface area contributed by atoms with Crippen molar-refractivity contribution in [2.45, 2.75) is 64.6 Å². The van der Waals surface area contributed by atoms with E-state index in [2.05, 4.69) is 17.1 Å². The first-order chi connectivity index (χ1) is 12.5. The lowest BCUT2D eigenvalue weighted by Gasteiger charge is -2.34. The van der Waals surface area contributed by atoms with Gasteiger partial charge in [-0.1, -0.05) is 6.07 Å². The molecule has 0 radical (unpaired) electrons. The van der Waals surface area contributed by atoms with Crippen LogP contribution < -0.4 is 0 Å². The molecule has 2 aromatic rings. The third-order valence-corrected chi connectivity index (χ3v) is 5.07. The summed E-state index contributed by atoms with van der Waals surface area (Å²) in [5.74, 6) is 0.367. The molecule has 1 amide bonds. The molecule has 0 aliphatic carbocycles. The average Bonchev–Trinajstić information content (AvgIpc) is 2.58. The summed E-state index contributed by atoms with van der Waals surface area (Å²) in [6.45, 7) is 10.6. The highest BCUT2D eigenvalue weighted by atomic mass is 16.6. The van der Waals surface area contributed by atoms with Gasteiger partial charge in [-0.15, -0.1) is 0 Å². The van der Waals surface area contributed by atoms with Gasteiger partial charge in [-0.3, -0.25) is 4.98 Å². The number of pyridine rings is 1. The Balaban J connectivity index is 1.80. The van der Waals surface area contributed by atoms with E-state index >= 15 is 0 Å². The van der Waals surface area contributed by atoms with Crippen LogP contribution >= 0.6 is 0 Å². The monoisotopic (exact) mass is 370 g/mol. The number of rotatable bonds is 2. The second kappa shape index (κ2) is 7.12. The minimum atomic E-state index is -0.888. The highest BCUT2D eigenvalue weighted by molar-refractivity contribution is 5.83. The van der Waals surface area contributed by atoms with Gasteiger partial charge in [0.1, 0.15) is 5.60 Å². The van der Waals surface area contributed by atoms with Crippen LogP contribution in [0.1, 0.15) is 64.5 Å². The van der Waals surface area contributed by atoms with Gasteiger partial charge in [-0.2, -0.15) is 0 Å². The van der Waals surface area contributed by atoms with E-state index in [4.69, 9.17) is 4.74 Å². The van der Waals surface area contributed by atoms with Crippen LogP contribution in [0.3, 0.4) is 0 Å². The summed E-state index contributed by atoms with van der Waals surface area (Å²) in [6, 6.07) is 8.04. The van der Waals surface area contributed by atoms with Crippen LogP contribution in [0.4, 0.5) is 4.79 Å². The minimum absolute atomic E-state index is 0.232. The van der Waals surface area contributed by atoms with E-state index in [0.717, 1.165) is 29.3 Å². The minimum Gasteiger partial charge on any atom is -0.444 e. The fourth-order valence-corrected chi connectivity index (χ4v) is 3.60. The molecule has 5 nitrogen and oxygen atoms in total. The zero-order chi connectivity index (χ0) is 19.8. The van der Waals surface area contributed by atoms with Gasteiger partial charge in [-0.05, 0) is 82.7 Å². The largest absolute Gasteiger partial charge is 0.444 e. The van der Waals surface area contributed by atoms with E-state index in [1.807, 2.05) is 39.1 Å². The molecular formula is C22H30N2O3. The fourth-order valence-electron chi connectivity index (χ4n) is 3.60. The van der Waals surface area contributed by atoms with Crippen LogP contribution in [0.25, 0.3) is 10.9 Å². The van der Waals surface area contributed by atoms with Crippen LogP contribution in [-0.2, 0) is 10.3 Å². The van der Waals surface area contributed by atoms with Crippen molar-refractivity contribution in [2.24, 2.45) is 0 Å². The van der Waals surface area contributed by atoms with Gasteiger partial charge in [0.15, 0.2) is 0 Å². The molecular weight excluding hydrogens is 340 g/mol. The molecule has 0 atom stereocenters. The van der Waals surface area contributed by atoms with Crippen molar-refractivity contribution in [1.82, 2.24) is 9.88 Å². The van der Waals surface area contributed by atoms with Gasteiger partial charge >= 0.3 is 6.09 Å². The zero-order valence-electron chi connectivity index (χ0n) is 17.0. The molecule has 146 valence electrons. The number of likely N-dealkylation sites (tertiary alicyclic amines) is 1. The lowest BCUT2D eigenvalue weighted by atomic mass is 9.86. The number of amides is 1. The van der Waals surface area contributed by atoms with E-state index < -0.39 is 11.2 Å². The van der Waals surface area contributed by atoms with Crippen molar-refractivity contribution in [3.05, 3.63) is 41.6 Å². The Morgan fingerprint density at radius 3 is 2.41 bits per heavy atom. The number of fused-ring (bicyclic) bond motifs is 1. The second-order valence-electron chi connectivity index (χ2n) is 8.93. The van der Waals surface area contributed by atoms with Crippen molar-refractivity contribution in [2.75, 3.05) is 13.1 Å². The van der Waals surface area contributed by atoms with Crippen molar-refractivity contribution in [3.8, 4) is 0 Å². The predicted octanol–water partition coefficient (Wildman–Crippen LogP) is 4.58. The summed E-state index contributed by atoms with van der Waals surface area (Å²) in [5.41, 5.74) is 1.71. The number of hydrogen-bond acceptors (Lipinski definition) is 4. The van der Waals surface area contributed by atoms with Gasteiger partial charge in [0.05, 0.1) is 11.1 Å². The summed E-state index contributed by atoms with van der Waals surface area (Å²) < 4.78 is 5.49. The lowest BCUT2D eigenvalue weighted by molar-refractivity contribution is 0.0205. The maximum Gasteiger partial charge on any atom is 0.410 e. The van der Waals surface area contributed by atoms with Gasteiger partial charge in [-0.25, -0.2) is 4.79 Å². The standard InChI is InChI=1S/C22H30N2O3/c1-21(2,3)27-20(25)24-12-9-15(10-13-24)17-8-11-23-19-7-6-16(14-18(17)19)22(4,5)26/h6-8,11,14-15,26H,9-10,12-13H2,1-5H3. The molecule has 1 aliphatic heterocycles. The summed E-state index contributed by atoms with van der Waals surface area (Å²) in [4.78, 5) is 18.6. The number of hydrogen-bond donors (Lipinski definition) is 1. The maximum absolute atomic E-state index is 12.3. The third-order valence-electron chi connectivity index (χ3n) is 5.07. The molecule has 1 saturated heterocycles. The highest BCUT2D eigenvalue weighted by Gasteiger charge is 2.28. The molecule has 1 aromatic heterocycles. The molecule has 1 fully saturated rings. The molecule has 0 unspecified atom stereocenters.